The summed E-state index contributed by atoms with van der Waals surface area (Å²) in [5.41, 5.74) is 5.08. The summed E-state index contributed by atoms with van der Waals surface area (Å²) in [7, 11) is 0. The largest absolute Gasteiger partial charge is 0.480 e. The number of rotatable bonds is 1. The highest BCUT2D eigenvalue weighted by Crippen LogP contribution is 2.46. The van der Waals surface area contributed by atoms with Gasteiger partial charge < -0.3 is 10.8 Å². The first-order chi connectivity index (χ1) is 6.14. The van der Waals surface area contributed by atoms with Gasteiger partial charge in [0.05, 0.1) is 0 Å². The molecule has 0 amide bonds. The summed E-state index contributed by atoms with van der Waals surface area (Å²) >= 11 is 0. The lowest BCUT2D eigenvalue weighted by atomic mass is 9.69. The molecule has 0 saturated heterocycles. The molecule has 3 atom stereocenters. The highest BCUT2D eigenvalue weighted by molar-refractivity contribution is 5.79. The van der Waals surface area contributed by atoms with Gasteiger partial charge in [-0.05, 0) is 24.7 Å². The van der Waals surface area contributed by atoms with Crippen LogP contribution in [0, 0.1) is 11.8 Å². The van der Waals surface area contributed by atoms with E-state index in [1.165, 1.54) is 19.3 Å². The first-order valence-electron chi connectivity index (χ1n) is 5.17. The van der Waals surface area contributed by atoms with Crippen molar-refractivity contribution < 1.29 is 9.90 Å². The van der Waals surface area contributed by atoms with Crippen molar-refractivity contribution in [2.24, 2.45) is 17.6 Å². The van der Waals surface area contributed by atoms with Gasteiger partial charge in [0.1, 0.15) is 5.54 Å². The molecule has 2 rings (SSSR count). The molecule has 0 aromatic heterocycles. The Bertz CT molecular complexity index is 229. The van der Waals surface area contributed by atoms with Crippen molar-refractivity contribution >= 4 is 5.97 Å². The topological polar surface area (TPSA) is 63.3 Å². The second-order valence-corrected chi connectivity index (χ2v) is 4.54. The molecule has 74 valence electrons. The predicted molar refractivity (Wildman–Crippen MR) is 49.2 cm³/mol. The average Bonchev–Trinajstić information content (AvgIpc) is 2.53. The third-order valence-corrected chi connectivity index (χ3v) is 3.88. The fourth-order valence-electron chi connectivity index (χ4n) is 3.17. The Morgan fingerprint density at radius 3 is 2.69 bits per heavy atom. The molecule has 0 radical (unpaired) electrons. The minimum Gasteiger partial charge on any atom is -0.480 e. The van der Waals surface area contributed by atoms with Crippen LogP contribution in [0.4, 0.5) is 0 Å². The van der Waals surface area contributed by atoms with Crippen molar-refractivity contribution in [3.63, 3.8) is 0 Å². The van der Waals surface area contributed by atoms with Gasteiger partial charge in [-0.3, -0.25) is 4.79 Å². The average molecular weight is 183 g/mol. The second kappa shape index (κ2) is 2.98. The first-order valence-corrected chi connectivity index (χ1v) is 5.17. The Morgan fingerprint density at radius 1 is 1.31 bits per heavy atom. The molecule has 0 spiro atoms. The normalized spacial score (nSPS) is 44.4. The number of carbonyl (C=O) groups is 1. The fourth-order valence-corrected chi connectivity index (χ4v) is 3.17. The van der Waals surface area contributed by atoms with E-state index in [1.807, 2.05) is 0 Å². The van der Waals surface area contributed by atoms with Crippen LogP contribution in [0.2, 0.25) is 0 Å². The van der Waals surface area contributed by atoms with E-state index in [9.17, 15) is 4.79 Å². The zero-order valence-electron chi connectivity index (χ0n) is 7.83. The summed E-state index contributed by atoms with van der Waals surface area (Å²) in [6.07, 6.45) is 6.23. The van der Waals surface area contributed by atoms with E-state index >= 15 is 0 Å². The smallest absolute Gasteiger partial charge is 0.323 e. The van der Waals surface area contributed by atoms with Crippen molar-refractivity contribution in [1.29, 1.82) is 0 Å². The van der Waals surface area contributed by atoms with E-state index in [1.54, 1.807) is 0 Å². The Balaban J connectivity index is 2.22. The molecule has 2 fully saturated rings. The Labute approximate surface area is 78.3 Å². The molecule has 2 saturated carbocycles. The van der Waals surface area contributed by atoms with Gasteiger partial charge in [0.25, 0.3) is 0 Å². The molecule has 3 N–H and O–H groups in total. The molecule has 0 heterocycles. The summed E-state index contributed by atoms with van der Waals surface area (Å²) in [6, 6.07) is 0. The minimum absolute atomic E-state index is 0.249. The van der Waals surface area contributed by atoms with Crippen LogP contribution in [0.5, 0.6) is 0 Å². The van der Waals surface area contributed by atoms with Gasteiger partial charge in [0.15, 0.2) is 0 Å². The summed E-state index contributed by atoms with van der Waals surface area (Å²) < 4.78 is 0. The van der Waals surface area contributed by atoms with Crippen molar-refractivity contribution in [3.8, 4) is 0 Å². The van der Waals surface area contributed by atoms with E-state index in [2.05, 4.69) is 0 Å². The van der Waals surface area contributed by atoms with Gasteiger partial charge in [-0.25, -0.2) is 0 Å². The molecule has 3 unspecified atom stereocenters. The maximum atomic E-state index is 11.1. The molecule has 2 aliphatic carbocycles. The number of carboxylic acids is 1. The first kappa shape index (κ1) is 9.00. The van der Waals surface area contributed by atoms with Gasteiger partial charge in [-0.1, -0.05) is 25.7 Å². The highest BCUT2D eigenvalue weighted by Gasteiger charge is 2.49. The van der Waals surface area contributed by atoms with E-state index in [4.69, 9.17) is 10.8 Å². The maximum absolute atomic E-state index is 11.1. The molecule has 2 aliphatic rings. The molecule has 0 aromatic rings. The lowest BCUT2D eigenvalue weighted by Gasteiger charge is -2.39. The van der Waals surface area contributed by atoms with Crippen molar-refractivity contribution in [2.75, 3.05) is 0 Å². The number of carboxylic acid groups (broad SMARTS) is 1. The van der Waals surface area contributed by atoms with Crippen LogP contribution in [0.15, 0.2) is 0 Å². The van der Waals surface area contributed by atoms with Crippen LogP contribution in [0.3, 0.4) is 0 Å². The lowest BCUT2D eigenvalue weighted by molar-refractivity contribution is -0.148. The summed E-state index contributed by atoms with van der Waals surface area (Å²) in [6.45, 7) is 0. The predicted octanol–water partition coefficient (Wildman–Crippen LogP) is 1.37. The van der Waals surface area contributed by atoms with E-state index < -0.39 is 11.5 Å². The molecular weight excluding hydrogens is 166 g/mol. The Kier molecular flexibility index (Phi) is 2.06. The number of nitrogens with two attached hydrogens (primary N) is 1. The summed E-state index contributed by atoms with van der Waals surface area (Å²) in [5.74, 6) is 0.0534. The van der Waals surface area contributed by atoms with Crippen molar-refractivity contribution in [3.05, 3.63) is 0 Å². The molecule has 13 heavy (non-hydrogen) atoms. The second-order valence-electron chi connectivity index (χ2n) is 4.54. The summed E-state index contributed by atoms with van der Waals surface area (Å²) in [4.78, 5) is 11.1. The molecular formula is C10H17NO2. The van der Waals surface area contributed by atoms with Crippen LogP contribution < -0.4 is 5.73 Å². The third-order valence-electron chi connectivity index (χ3n) is 3.88. The SMILES string of the molecule is NC1(C(=O)O)CCCC2CCCC21. The summed E-state index contributed by atoms with van der Waals surface area (Å²) in [5, 5.41) is 9.12. The van der Waals surface area contributed by atoms with E-state index in [-0.39, 0.29) is 5.92 Å². The monoisotopic (exact) mass is 183 g/mol. The van der Waals surface area contributed by atoms with E-state index in [0.717, 1.165) is 12.8 Å². The standard InChI is InChI=1S/C10H17NO2/c11-10(9(12)13)6-2-4-7-3-1-5-8(7)10/h7-8H,1-6,11H2,(H,12,13). The van der Waals surface area contributed by atoms with Crippen molar-refractivity contribution in [1.82, 2.24) is 0 Å². The number of hydrogen-bond acceptors (Lipinski definition) is 2. The van der Waals surface area contributed by atoms with Crippen LogP contribution >= 0.6 is 0 Å². The Morgan fingerprint density at radius 2 is 2.00 bits per heavy atom. The van der Waals surface area contributed by atoms with Gasteiger partial charge in [-0.15, -0.1) is 0 Å². The maximum Gasteiger partial charge on any atom is 0.323 e. The van der Waals surface area contributed by atoms with Gasteiger partial charge in [-0.2, -0.15) is 0 Å². The van der Waals surface area contributed by atoms with Crippen LogP contribution in [0.1, 0.15) is 38.5 Å². The molecule has 0 aliphatic heterocycles. The van der Waals surface area contributed by atoms with Crippen LogP contribution in [0.25, 0.3) is 0 Å². The molecule has 3 heteroatoms. The van der Waals surface area contributed by atoms with Gasteiger partial charge in [0, 0.05) is 0 Å². The van der Waals surface area contributed by atoms with Gasteiger partial charge >= 0.3 is 5.97 Å². The number of aliphatic carboxylic acids is 1. The molecule has 0 bridgehead atoms. The van der Waals surface area contributed by atoms with Gasteiger partial charge in [0.2, 0.25) is 0 Å². The third kappa shape index (κ3) is 1.26. The Hall–Kier alpha value is -0.570. The van der Waals surface area contributed by atoms with E-state index in [0.29, 0.717) is 12.3 Å². The molecule has 3 nitrogen and oxygen atoms in total. The fraction of sp³-hybridized carbons (Fsp3) is 0.900. The highest BCUT2D eigenvalue weighted by atomic mass is 16.4. The van der Waals surface area contributed by atoms with Crippen molar-refractivity contribution in [2.45, 2.75) is 44.1 Å². The van der Waals surface area contributed by atoms with Crippen LogP contribution in [-0.4, -0.2) is 16.6 Å². The number of fused-ring (bicyclic) bond motifs is 1. The number of hydrogen-bond donors (Lipinski definition) is 2. The quantitative estimate of drug-likeness (QED) is 0.645. The zero-order chi connectivity index (χ0) is 9.47. The van der Waals surface area contributed by atoms with Crippen LogP contribution in [-0.2, 0) is 4.79 Å². The molecule has 0 aromatic carbocycles. The lowest BCUT2D eigenvalue weighted by Crippen LogP contribution is -2.57. The minimum atomic E-state index is -0.903. The zero-order valence-corrected chi connectivity index (χ0v) is 7.83.